The van der Waals surface area contributed by atoms with E-state index in [0.717, 1.165) is 12.1 Å². The van der Waals surface area contributed by atoms with Crippen LogP contribution in [0.4, 0.5) is 13.2 Å². The Morgan fingerprint density at radius 2 is 1.70 bits per heavy atom. The lowest BCUT2D eigenvalue weighted by Crippen LogP contribution is -2.34. The number of nitrogens with one attached hydrogen (secondary N) is 1. The molecule has 2 atom stereocenters. The molecule has 0 saturated heterocycles. The Morgan fingerprint density at radius 1 is 1.09 bits per heavy atom. The van der Waals surface area contributed by atoms with Gasteiger partial charge in [0.05, 0.1) is 11.7 Å². The Bertz CT molecular complexity index is 689. The Labute approximate surface area is 131 Å². The van der Waals surface area contributed by atoms with Gasteiger partial charge in [-0.25, -0.2) is 13.2 Å². The molecule has 2 aromatic carbocycles. The number of hydrogen-bond donors (Lipinski definition) is 2. The molecule has 0 fully saturated rings. The van der Waals surface area contributed by atoms with Gasteiger partial charge in [-0.05, 0) is 43.2 Å². The van der Waals surface area contributed by atoms with Crippen molar-refractivity contribution in [3.05, 3.63) is 71.0 Å². The van der Waals surface area contributed by atoms with Gasteiger partial charge >= 0.3 is 0 Å². The third-order valence-electron chi connectivity index (χ3n) is 3.38. The number of hydrogen-bond acceptors (Lipinski definition) is 2. The van der Waals surface area contributed by atoms with E-state index in [1.165, 1.54) is 24.3 Å². The second-order valence-electron chi connectivity index (χ2n) is 5.30. The smallest absolute Gasteiger partial charge is 0.254 e. The van der Waals surface area contributed by atoms with Crippen molar-refractivity contribution in [1.82, 2.24) is 5.32 Å². The molecule has 1 amide bonds. The van der Waals surface area contributed by atoms with Crippen molar-refractivity contribution in [3.63, 3.8) is 0 Å². The molecule has 23 heavy (non-hydrogen) atoms. The molecular formula is C17H16F3NO2. The number of amides is 1. The van der Waals surface area contributed by atoms with Crippen LogP contribution in [0.15, 0.2) is 42.5 Å². The van der Waals surface area contributed by atoms with E-state index in [1.807, 2.05) is 0 Å². The average molecular weight is 323 g/mol. The molecule has 0 aliphatic heterocycles. The van der Waals surface area contributed by atoms with E-state index in [-0.39, 0.29) is 12.0 Å². The van der Waals surface area contributed by atoms with E-state index >= 15 is 0 Å². The molecule has 0 aliphatic carbocycles. The standard InChI is InChI=1S/C17H16F3NO2/c1-10(8-16(22)11-2-4-12(18)5-3-11)21-17(23)14-7-6-13(19)9-15(14)20/h2-7,9-10,16,22H,8H2,1H3,(H,21,23). The highest BCUT2D eigenvalue weighted by Gasteiger charge is 2.18. The average Bonchev–Trinajstić information content (AvgIpc) is 2.47. The van der Waals surface area contributed by atoms with Crippen molar-refractivity contribution >= 4 is 5.91 Å². The van der Waals surface area contributed by atoms with E-state index in [1.54, 1.807) is 6.92 Å². The number of aliphatic hydroxyl groups excluding tert-OH is 1. The van der Waals surface area contributed by atoms with Gasteiger partial charge in [-0.3, -0.25) is 4.79 Å². The van der Waals surface area contributed by atoms with Crippen LogP contribution in [-0.2, 0) is 0 Å². The zero-order valence-corrected chi connectivity index (χ0v) is 12.4. The second kappa shape index (κ2) is 7.28. The summed E-state index contributed by atoms with van der Waals surface area (Å²) in [4.78, 5) is 11.9. The van der Waals surface area contributed by atoms with E-state index in [4.69, 9.17) is 0 Å². The van der Waals surface area contributed by atoms with Crippen molar-refractivity contribution in [3.8, 4) is 0 Å². The molecule has 0 aromatic heterocycles. The third-order valence-corrected chi connectivity index (χ3v) is 3.38. The summed E-state index contributed by atoms with van der Waals surface area (Å²) in [6, 6.07) is 7.59. The molecule has 0 heterocycles. The lowest BCUT2D eigenvalue weighted by atomic mass is 10.0. The Hall–Kier alpha value is -2.34. The maximum Gasteiger partial charge on any atom is 0.254 e. The highest BCUT2D eigenvalue weighted by atomic mass is 19.1. The minimum absolute atomic E-state index is 0.167. The van der Waals surface area contributed by atoms with Gasteiger partial charge in [-0.15, -0.1) is 0 Å². The van der Waals surface area contributed by atoms with E-state index in [0.29, 0.717) is 11.6 Å². The number of rotatable bonds is 5. The second-order valence-corrected chi connectivity index (χ2v) is 5.30. The van der Waals surface area contributed by atoms with Gasteiger partial charge in [0.15, 0.2) is 0 Å². The predicted octanol–water partition coefficient (Wildman–Crippen LogP) is 3.35. The molecule has 0 radical (unpaired) electrons. The molecule has 0 saturated carbocycles. The molecule has 0 aliphatic rings. The first-order valence-electron chi connectivity index (χ1n) is 7.06. The number of carbonyl (C=O) groups is 1. The number of carbonyl (C=O) groups excluding carboxylic acids is 1. The normalized spacial score (nSPS) is 13.4. The van der Waals surface area contributed by atoms with Gasteiger partial charge < -0.3 is 10.4 Å². The van der Waals surface area contributed by atoms with E-state index in [2.05, 4.69) is 5.32 Å². The number of aliphatic hydroxyl groups is 1. The Kier molecular flexibility index (Phi) is 5.39. The summed E-state index contributed by atoms with van der Waals surface area (Å²) in [5.74, 6) is -2.82. The van der Waals surface area contributed by atoms with Gasteiger partial charge in [0.1, 0.15) is 17.5 Å². The van der Waals surface area contributed by atoms with Crippen LogP contribution in [0.3, 0.4) is 0 Å². The summed E-state index contributed by atoms with van der Waals surface area (Å²) in [5, 5.41) is 12.6. The summed E-state index contributed by atoms with van der Waals surface area (Å²) < 4.78 is 39.2. The monoisotopic (exact) mass is 323 g/mol. The maximum absolute atomic E-state index is 13.5. The molecule has 122 valence electrons. The van der Waals surface area contributed by atoms with Gasteiger partial charge in [0, 0.05) is 12.1 Å². The summed E-state index contributed by atoms with van der Waals surface area (Å²) in [7, 11) is 0. The van der Waals surface area contributed by atoms with Crippen molar-refractivity contribution in [2.75, 3.05) is 0 Å². The fourth-order valence-corrected chi connectivity index (χ4v) is 2.19. The van der Waals surface area contributed by atoms with Crippen molar-refractivity contribution in [2.24, 2.45) is 0 Å². The summed E-state index contributed by atoms with van der Waals surface area (Å²) in [6.07, 6.45) is -0.732. The highest BCUT2D eigenvalue weighted by Crippen LogP contribution is 2.19. The summed E-state index contributed by atoms with van der Waals surface area (Å²) in [6.45, 7) is 1.64. The van der Waals surface area contributed by atoms with Gasteiger partial charge in [-0.2, -0.15) is 0 Å². The molecule has 3 nitrogen and oxygen atoms in total. The van der Waals surface area contributed by atoms with Crippen LogP contribution in [0.2, 0.25) is 0 Å². The summed E-state index contributed by atoms with van der Waals surface area (Å²) >= 11 is 0. The predicted molar refractivity (Wildman–Crippen MR) is 79.3 cm³/mol. The van der Waals surface area contributed by atoms with E-state index < -0.39 is 35.5 Å². The van der Waals surface area contributed by atoms with Gasteiger partial charge in [0.25, 0.3) is 5.91 Å². The van der Waals surface area contributed by atoms with Crippen LogP contribution in [0.5, 0.6) is 0 Å². The highest BCUT2D eigenvalue weighted by molar-refractivity contribution is 5.94. The minimum Gasteiger partial charge on any atom is -0.388 e. The Balaban J connectivity index is 1.97. The zero-order chi connectivity index (χ0) is 17.0. The van der Waals surface area contributed by atoms with Crippen molar-refractivity contribution < 1.29 is 23.1 Å². The lowest BCUT2D eigenvalue weighted by molar-refractivity contribution is 0.0913. The van der Waals surface area contributed by atoms with Crippen LogP contribution in [0.1, 0.15) is 35.4 Å². The van der Waals surface area contributed by atoms with Crippen LogP contribution < -0.4 is 5.32 Å². The SMILES string of the molecule is CC(CC(O)c1ccc(F)cc1)NC(=O)c1ccc(F)cc1F. The quantitative estimate of drug-likeness (QED) is 0.886. The van der Waals surface area contributed by atoms with Crippen LogP contribution >= 0.6 is 0 Å². The minimum atomic E-state index is -0.950. The zero-order valence-electron chi connectivity index (χ0n) is 12.4. The van der Waals surface area contributed by atoms with Crippen LogP contribution in [0, 0.1) is 17.5 Å². The first-order valence-corrected chi connectivity index (χ1v) is 7.06. The number of halogens is 3. The summed E-state index contributed by atoms with van der Waals surface area (Å²) in [5.41, 5.74) is 0.245. The molecule has 2 aromatic rings. The Morgan fingerprint density at radius 3 is 2.30 bits per heavy atom. The first kappa shape index (κ1) is 17.0. The number of benzene rings is 2. The molecule has 0 bridgehead atoms. The van der Waals surface area contributed by atoms with Gasteiger partial charge in [-0.1, -0.05) is 12.1 Å². The lowest BCUT2D eigenvalue weighted by Gasteiger charge is -2.18. The van der Waals surface area contributed by atoms with Crippen LogP contribution in [0.25, 0.3) is 0 Å². The van der Waals surface area contributed by atoms with Crippen molar-refractivity contribution in [2.45, 2.75) is 25.5 Å². The molecule has 0 spiro atoms. The molecule has 6 heteroatoms. The van der Waals surface area contributed by atoms with Gasteiger partial charge in [0.2, 0.25) is 0 Å². The molecule has 2 rings (SSSR count). The van der Waals surface area contributed by atoms with Crippen molar-refractivity contribution in [1.29, 1.82) is 0 Å². The fourth-order valence-electron chi connectivity index (χ4n) is 2.19. The fraction of sp³-hybridized carbons (Fsp3) is 0.235. The molecule has 2 N–H and O–H groups in total. The van der Waals surface area contributed by atoms with E-state index in [9.17, 15) is 23.1 Å². The first-order chi connectivity index (χ1) is 10.9. The molecular weight excluding hydrogens is 307 g/mol. The van der Waals surface area contributed by atoms with Crippen LogP contribution in [-0.4, -0.2) is 17.1 Å². The topological polar surface area (TPSA) is 49.3 Å². The molecule has 2 unspecified atom stereocenters. The third kappa shape index (κ3) is 4.56. The maximum atomic E-state index is 13.5. The largest absolute Gasteiger partial charge is 0.388 e.